The lowest BCUT2D eigenvalue weighted by Gasteiger charge is -2.15. The van der Waals surface area contributed by atoms with Gasteiger partial charge in [-0.05, 0) is 238 Å². The summed E-state index contributed by atoms with van der Waals surface area (Å²) < 4.78 is 28.6. The molecule has 0 aliphatic heterocycles. The molecule has 0 spiro atoms. The summed E-state index contributed by atoms with van der Waals surface area (Å²) >= 11 is 0. The van der Waals surface area contributed by atoms with E-state index in [2.05, 4.69) is 196 Å². The van der Waals surface area contributed by atoms with E-state index in [1.54, 1.807) is 0 Å². The van der Waals surface area contributed by atoms with Crippen molar-refractivity contribution >= 4 is 89.5 Å². The number of hydrogen-bond donors (Lipinski definition) is 9. The molecule has 28 nitrogen and oxygen atoms in total. The van der Waals surface area contributed by atoms with Crippen LogP contribution in [0.25, 0.3) is 161 Å². The minimum absolute atomic E-state index is 0.187. The van der Waals surface area contributed by atoms with Crippen LogP contribution in [-0.2, 0) is 7.05 Å². The maximum Gasteiger partial charge on any atom is 0.198 e. The molecule has 12 N–H and O–H groups in total. The molecule has 0 aliphatic carbocycles. The van der Waals surface area contributed by atoms with E-state index in [-0.39, 0.29) is 5.92 Å². The molecule has 13 heterocycles. The van der Waals surface area contributed by atoms with E-state index < -0.39 is 0 Å². The van der Waals surface area contributed by atoms with Crippen molar-refractivity contribution in [3.63, 3.8) is 0 Å². The number of nitrogen functional groups attached to an aromatic ring is 3. The molecule has 8 aromatic carbocycles. The summed E-state index contributed by atoms with van der Waals surface area (Å²) in [5.74, 6) is 7.16. The number of nitrogens with zero attached hydrogens (tertiary/aromatic N) is 14. The molecule has 28 heteroatoms. The molecule has 0 amide bonds. The Morgan fingerprint density at radius 1 is 0.400 bits per heavy atom. The number of anilines is 3. The molecule has 0 aliphatic rings. The van der Waals surface area contributed by atoms with Crippen LogP contribution in [0.5, 0.6) is 0 Å². The number of nitrogens with one attached hydrogen (secondary N) is 6. The number of aromatic amines is 6. The summed E-state index contributed by atoms with van der Waals surface area (Å²) in [5.41, 5.74) is 57.1. The topological polar surface area (TPSA) is 411 Å². The van der Waals surface area contributed by atoms with Crippen molar-refractivity contribution in [1.29, 1.82) is 0 Å². The Balaban J connectivity index is 0.000000111. The van der Waals surface area contributed by atoms with Gasteiger partial charge in [0.25, 0.3) is 0 Å². The van der Waals surface area contributed by atoms with Gasteiger partial charge in [-0.2, -0.15) is 10.2 Å². The Labute approximate surface area is 717 Å². The summed E-state index contributed by atoms with van der Waals surface area (Å²) in [6, 6.07) is 51.7. The quantitative estimate of drug-likeness (QED) is 0.0548. The molecular weight excluding hydrogens is 1570 g/mol. The number of pyridine rings is 1. The molecular formula is C97H93N23O5. The zero-order chi connectivity index (χ0) is 87.7. The average molecular weight is 1660 g/mol. The molecule has 0 fully saturated rings. The third kappa shape index (κ3) is 15.5. The minimum atomic E-state index is 0.187. The Morgan fingerprint density at radius 3 is 1.30 bits per heavy atom. The highest BCUT2D eigenvalue weighted by Crippen LogP contribution is 2.44. The van der Waals surface area contributed by atoms with Crippen molar-refractivity contribution in [2.75, 3.05) is 17.2 Å². The Bertz CT molecular complexity index is 7360. The van der Waals surface area contributed by atoms with Crippen LogP contribution >= 0.6 is 0 Å². The summed E-state index contributed by atoms with van der Waals surface area (Å²) in [5, 5.41) is 33.2. The number of imidazole rings is 5. The van der Waals surface area contributed by atoms with E-state index in [1.165, 1.54) is 5.56 Å². The lowest BCUT2D eigenvalue weighted by Crippen LogP contribution is -1.98. The molecule has 626 valence electrons. The van der Waals surface area contributed by atoms with Gasteiger partial charge in [-0.3, -0.25) is 14.8 Å². The van der Waals surface area contributed by atoms with E-state index in [4.69, 9.17) is 44.8 Å². The normalized spacial score (nSPS) is 11.7. The minimum Gasteiger partial charge on any atom is -0.369 e. The van der Waals surface area contributed by atoms with Gasteiger partial charge in [0.15, 0.2) is 17.8 Å². The molecule has 21 rings (SSSR count). The van der Waals surface area contributed by atoms with Gasteiger partial charge in [-0.1, -0.05) is 118 Å². The summed E-state index contributed by atoms with van der Waals surface area (Å²) in [6.45, 7) is 35.8. The number of fused-ring (bicyclic) bond motifs is 6. The summed E-state index contributed by atoms with van der Waals surface area (Å²) in [7, 11) is 1.95. The summed E-state index contributed by atoms with van der Waals surface area (Å²) in [4.78, 5) is 43.5. The number of aryl methyl sites for hydroxylation is 16. The highest BCUT2D eigenvalue weighted by molar-refractivity contribution is 6.05. The van der Waals surface area contributed by atoms with Crippen LogP contribution in [0.2, 0.25) is 0 Å². The second-order valence-electron chi connectivity index (χ2n) is 31.6. The zero-order valence-electron chi connectivity index (χ0n) is 72.4. The number of H-pyrrole nitrogens is 6. The first-order valence-corrected chi connectivity index (χ1v) is 40.8. The highest BCUT2D eigenvalue weighted by Gasteiger charge is 2.26. The number of rotatable bonds is 12. The van der Waals surface area contributed by atoms with Gasteiger partial charge < -0.3 is 64.7 Å². The lowest BCUT2D eigenvalue weighted by molar-refractivity contribution is 0.393. The molecule has 0 saturated carbocycles. The Kier molecular flexibility index (Phi) is 21.5. The van der Waals surface area contributed by atoms with Crippen LogP contribution in [0.15, 0.2) is 193 Å². The van der Waals surface area contributed by atoms with Crippen molar-refractivity contribution in [2.45, 2.75) is 117 Å². The number of aromatic nitrogens is 20. The van der Waals surface area contributed by atoms with Crippen molar-refractivity contribution in [2.24, 2.45) is 7.05 Å². The monoisotopic (exact) mass is 1660 g/mol. The zero-order valence-corrected chi connectivity index (χ0v) is 72.4. The third-order valence-corrected chi connectivity index (χ3v) is 22.8. The molecule has 0 bridgehead atoms. The van der Waals surface area contributed by atoms with Crippen LogP contribution in [0, 0.1) is 104 Å². The first-order chi connectivity index (χ1) is 60.1. The van der Waals surface area contributed by atoms with Crippen molar-refractivity contribution in [3.05, 3.63) is 279 Å². The number of benzene rings is 8. The van der Waals surface area contributed by atoms with Crippen LogP contribution in [-0.4, -0.2) is 101 Å². The highest BCUT2D eigenvalue weighted by atomic mass is 16.5. The molecule has 13 aromatic heterocycles. The predicted octanol–water partition coefficient (Wildman–Crippen LogP) is 21.7. The molecule has 1 unspecified atom stereocenters. The van der Waals surface area contributed by atoms with Crippen LogP contribution in [0.4, 0.5) is 17.8 Å². The Hall–Kier alpha value is -15.9. The molecule has 0 radical (unpaired) electrons. The van der Waals surface area contributed by atoms with E-state index in [0.717, 1.165) is 263 Å². The van der Waals surface area contributed by atoms with Gasteiger partial charge in [0.2, 0.25) is 0 Å². The van der Waals surface area contributed by atoms with E-state index >= 15 is 0 Å². The van der Waals surface area contributed by atoms with Crippen molar-refractivity contribution in [3.8, 4) is 89.1 Å². The van der Waals surface area contributed by atoms with Crippen molar-refractivity contribution < 1.29 is 22.6 Å². The smallest absolute Gasteiger partial charge is 0.198 e. The van der Waals surface area contributed by atoms with Crippen molar-refractivity contribution in [1.82, 2.24) is 101 Å². The molecule has 1 atom stereocenters. The van der Waals surface area contributed by atoms with Crippen LogP contribution in [0.3, 0.4) is 0 Å². The van der Waals surface area contributed by atoms with Gasteiger partial charge >= 0.3 is 0 Å². The number of hydrogen-bond acceptors (Lipinski definition) is 21. The fourth-order valence-corrected chi connectivity index (χ4v) is 17.2. The van der Waals surface area contributed by atoms with Gasteiger partial charge in [-0.25, -0.2) is 24.9 Å². The maximum atomic E-state index is 5.93. The second-order valence-corrected chi connectivity index (χ2v) is 31.6. The van der Waals surface area contributed by atoms with E-state index in [0.29, 0.717) is 17.8 Å². The fraction of sp³-hybridized carbons (Fsp3) is 0.186. The van der Waals surface area contributed by atoms with Crippen LogP contribution < -0.4 is 17.2 Å². The molecule has 0 saturated heterocycles. The van der Waals surface area contributed by atoms with Gasteiger partial charge in [-0.15, -0.1) is 0 Å². The predicted molar refractivity (Wildman–Crippen MR) is 491 cm³/mol. The first-order valence-electron chi connectivity index (χ1n) is 40.8. The Morgan fingerprint density at radius 2 is 0.824 bits per heavy atom. The average Bonchev–Trinajstić information content (AvgIpc) is 1.69. The van der Waals surface area contributed by atoms with E-state index in [9.17, 15) is 0 Å². The SMILES string of the molecule is C=C(c1ccccc1)c1cc(-c2c(C)noc2C)cc2[nH]c(N)nc12.Cc1n[nH]c(C)c1-c1cc(-c2c(C)noc2C)cc2[nH]c(N)nc12.Cc1nc2c(-c3c(C)cnn3C)cc(-c3c(C)noc3C)cc2[nH]1.Cc1nc2c(-c3cccc4ncccc34)cc(-c3c(C)noc3C)cc2[nH]1.Cc1noc(C)c1-c1cc(C(C)c2ccccc2)c2nc(N)[nH]c2c1. The van der Waals surface area contributed by atoms with Gasteiger partial charge in [0, 0.05) is 85.9 Å². The van der Waals surface area contributed by atoms with E-state index in [1.807, 2.05) is 188 Å². The second kappa shape index (κ2) is 32.9. The standard InChI is InChI=1S/C22H18N4O.C20H20N4O.C20H18N4O.C18H19N5O.C17H18N6O/c1-12-21(13(2)27-26-12)15-10-18(22-20(11-15)24-14(3)25-22)16-6-4-8-19-17(16)7-5-9-23-19;2*1-11(14-7-5-4-6-8-14)16-9-15(18-12(2)24-25-13(18)3)10-17-19(16)23-20(21)22-17;1-9-8-19-23(5)18(9)14-6-13(16-10(2)22-24-11(16)3)7-15-17(14)21-12(4)20-15;1-7-14(8(2)22-21-7)12-5-11(15-9(3)23-24-10(15)4)6-13-16(12)20-17(18)19-13/h4-11H,1-3H3,(H,24,25);4-11H,1-3H3,(H3,21,22,23);4-10H,1H2,2-3H3,(H3,21,22,23);6-8H,1-5H3,(H,20,21);5-6H,1-4H3,(H,21,22)(H3,18,19,20). The lowest BCUT2D eigenvalue weighted by atomic mass is 9.89. The largest absolute Gasteiger partial charge is 0.369 e. The van der Waals surface area contributed by atoms with Crippen LogP contribution in [0.1, 0.15) is 121 Å². The third-order valence-electron chi connectivity index (χ3n) is 22.8. The maximum absolute atomic E-state index is 5.93. The van der Waals surface area contributed by atoms with Gasteiger partial charge in [0.05, 0.1) is 107 Å². The molecule has 21 aromatic rings. The summed E-state index contributed by atoms with van der Waals surface area (Å²) in [6.07, 6.45) is 3.70. The first kappa shape index (κ1) is 81.5. The van der Waals surface area contributed by atoms with Gasteiger partial charge in [0.1, 0.15) is 40.5 Å². The molecule has 125 heavy (non-hydrogen) atoms. The number of nitrogens with two attached hydrogens (primary N) is 3. The fourth-order valence-electron chi connectivity index (χ4n) is 17.2.